The summed E-state index contributed by atoms with van der Waals surface area (Å²) in [6, 6.07) is 14.7. The Hall–Kier alpha value is -3.49. The maximum absolute atomic E-state index is 15.1. The molecule has 0 amide bonds. The first-order valence-electron chi connectivity index (χ1n) is 11.3. The molecular weight excluding hydrogens is 472 g/mol. The molecule has 1 aliphatic rings. The van der Waals surface area contributed by atoms with Crippen molar-refractivity contribution in [2.75, 3.05) is 43.4 Å². The number of rotatable bonds is 6. The molecule has 4 aromatic rings. The van der Waals surface area contributed by atoms with E-state index in [1.165, 1.54) is 24.5 Å². The van der Waals surface area contributed by atoms with E-state index in [-0.39, 0.29) is 18.2 Å². The second-order valence-electron chi connectivity index (χ2n) is 8.52. The lowest BCUT2D eigenvalue weighted by atomic mass is 10.1. The Bertz CT molecular complexity index is 1360. The van der Waals surface area contributed by atoms with E-state index in [1.807, 2.05) is 4.90 Å². The van der Waals surface area contributed by atoms with E-state index in [0.717, 1.165) is 26.2 Å². The van der Waals surface area contributed by atoms with Crippen molar-refractivity contribution < 1.29 is 13.5 Å². The number of piperazine rings is 1. The fourth-order valence-electron chi connectivity index (χ4n) is 4.08. The number of benzene rings is 3. The minimum atomic E-state index is -0.319. The molecule has 1 N–H and O–H groups in total. The van der Waals surface area contributed by atoms with Crippen molar-refractivity contribution in [2.24, 2.45) is 0 Å². The van der Waals surface area contributed by atoms with Crippen LogP contribution in [0.15, 0.2) is 60.9 Å². The van der Waals surface area contributed by atoms with Crippen LogP contribution in [-0.2, 0) is 6.61 Å². The molecule has 6 nitrogen and oxygen atoms in total. The number of fused-ring (bicyclic) bond motifs is 1. The highest BCUT2D eigenvalue weighted by Crippen LogP contribution is 2.33. The Morgan fingerprint density at radius 2 is 1.83 bits per heavy atom. The average Bonchev–Trinajstić information content (AvgIpc) is 2.84. The van der Waals surface area contributed by atoms with Crippen LogP contribution in [0.1, 0.15) is 5.56 Å². The molecule has 3 aromatic carbocycles. The molecule has 180 valence electrons. The number of ether oxygens (including phenoxy) is 1. The smallest absolute Gasteiger partial charge is 0.147 e. The maximum Gasteiger partial charge on any atom is 0.147 e. The second kappa shape index (κ2) is 10.0. The highest BCUT2D eigenvalue weighted by atomic mass is 35.5. The summed E-state index contributed by atoms with van der Waals surface area (Å²) in [4.78, 5) is 12.9. The molecule has 9 heteroatoms. The van der Waals surface area contributed by atoms with Gasteiger partial charge < -0.3 is 19.9 Å². The van der Waals surface area contributed by atoms with Crippen molar-refractivity contribution >= 4 is 39.7 Å². The van der Waals surface area contributed by atoms with Crippen LogP contribution >= 0.6 is 11.6 Å². The predicted molar refractivity (Wildman–Crippen MR) is 135 cm³/mol. The fourth-order valence-corrected chi connectivity index (χ4v) is 4.31. The van der Waals surface area contributed by atoms with Crippen molar-refractivity contribution in [1.29, 1.82) is 0 Å². The minimum Gasteiger partial charge on any atom is -0.487 e. The molecule has 0 spiro atoms. The topological polar surface area (TPSA) is 53.5 Å². The molecule has 0 aliphatic carbocycles. The van der Waals surface area contributed by atoms with E-state index in [2.05, 4.69) is 27.2 Å². The number of nitrogens with one attached hydrogen (secondary N) is 1. The number of likely N-dealkylation sites (N-methyl/N-ethyl adjacent to an activating group) is 1. The van der Waals surface area contributed by atoms with Gasteiger partial charge in [-0.1, -0.05) is 23.7 Å². The standard InChI is InChI=1S/C26H24ClF2N5O/c1-33-7-9-34(10-8-33)24-14-23-20(13-22(24)29)26(31-16-30-23)32-19-5-6-25(21(27)12-19)35-15-17-3-2-4-18(28)11-17/h2-6,11-14,16H,7-10,15H2,1H3,(H,30,31,32). The molecular formula is C26H24ClF2N5O. The highest BCUT2D eigenvalue weighted by molar-refractivity contribution is 6.32. The number of hydrogen-bond acceptors (Lipinski definition) is 6. The summed E-state index contributed by atoms with van der Waals surface area (Å²) in [7, 11) is 2.06. The second-order valence-corrected chi connectivity index (χ2v) is 8.93. The van der Waals surface area contributed by atoms with Gasteiger partial charge in [0.25, 0.3) is 0 Å². The number of anilines is 3. The molecule has 1 aromatic heterocycles. The Morgan fingerprint density at radius 1 is 1.00 bits per heavy atom. The molecule has 5 rings (SSSR count). The number of halogens is 3. The number of nitrogens with zero attached hydrogens (tertiary/aromatic N) is 4. The van der Waals surface area contributed by atoms with E-state index in [9.17, 15) is 4.39 Å². The largest absolute Gasteiger partial charge is 0.487 e. The quantitative estimate of drug-likeness (QED) is 0.374. The van der Waals surface area contributed by atoms with Gasteiger partial charge in [-0.25, -0.2) is 18.7 Å². The van der Waals surface area contributed by atoms with Crippen LogP contribution in [0.2, 0.25) is 5.02 Å². The Kier molecular flexibility index (Phi) is 6.66. The molecule has 1 saturated heterocycles. The van der Waals surface area contributed by atoms with Crippen LogP contribution < -0.4 is 15.0 Å². The molecule has 0 radical (unpaired) electrons. The zero-order chi connectivity index (χ0) is 24.4. The Morgan fingerprint density at radius 3 is 2.60 bits per heavy atom. The van der Waals surface area contributed by atoms with E-state index < -0.39 is 0 Å². The van der Waals surface area contributed by atoms with Crippen molar-refractivity contribution in [1.82, 2.24) is 14.9 Å². The predicted octanol–water partition coefficient (Wildman–Crippen LogP) is 5.64. The van der Waals surface area contributed by atoms with Gasteiger partial charge in [0.2, 0.25) is 0 Å². The molecule has 0 bridgehead atoms. The van der Waals surface area contributed by atoms with Gasteiger partial charge in [-0.05, 0) is 55.1 Å². The first kappa shape index (κ1) is 23.3. The fraction of sp³-hybridized carbons (Fsp3) is 0.231. The lowest BCUT2D eigenvalue weighted by molar-refractivity contribution is 0.306. The van der Waals surface area contributed by atoms with E-state index in [1.54, 1.807) is 36.4 Å². The zero-order valence-corrected chi connectivity index (χ0v) is 19.9. The molecule has 35 heavy (non-hydrogen) atoms. The molecule has 0 atom stereocenters. The van der Waals surface area contributed by atoms with Crippen molar-refractivity contribution in [2.45, 2.75) is 6.61 Å². The van der Waals surface area contributed by atoms with Gasteiger partial charge in [-0.2, -0.15) is 0 Å². The van der Waals surface area contributed by atoms with Gasteiger partial charge >= 0.3 is 0 Å². The molecule has 0 saturated carbocycles. The molecule has 2 heterocycles. The summed E-state index contributed by atoms with van der Waals surface area (Å²) >= 11 is 6.41. The van der Waals surface area contributed by atoms with E-state index in [0.29, 0.717) is 44.4 Å². The third-order valence-corrected chi connectivity index (χ3v) is 6.32. The van der Waals surface area contributed by atoms with Crippen molar-refractivity contribution in [3.63, 3.8) is 0 Å². The first-order valence-corrected chi connectivity index (χ1v) is 11.7. The average molecular weight is 496 g/mol. The summed E-state index contributed by atoms with van der Waals surface area (Å²) in [6.45, 7) is 3.49. The third-order valence-electron chi connectivity index (χ3n) is 6.03. The van der Waals surface area contributed by atoms with Gasteiger partial charge in [-0.3, -0.25) is 0 Å². The monoisotopic (exact) mass is 495 g/mol. The molecule has 0 unspecified atom stereocenters. The summed E-state index contributed by atoms with van der Waals surface area (Å²) in [5, 5.41) is 4.16. The van der Waals surface area contributed by atoms with Crippen molar-refractivity contribution in [3.8, 4) is 5.75 Å². The Balaban J connectivity index is 1.34. The van der Waals surface area contributed by atoms with Gasteiger partial charge in [0.1, 0.15) is 36.1 Å². The van der Waals surface area contributed by atoms with Crippen LogP contribution in [0.4, 0.5) is 26.0 Å². The van der Waals surface area contributed by atoms with Crippen LogP contribution in [0, 0.1) is 11.6 Å². The molecule has 1 fully saturated rings. The maximum atomic E-state index is 15.1. The molecule has 1 aliphatic heterocycles. The lowest BCUT2D eigenvalue weighted by Gasteiger charge is -2.34. The summed E-state index contributed by atoms with van der Waals surface area (Å²) < 4.78 is 34.2. The van der Waals surface area contributed by atoms with E-state index in [4.69, 9.17) is 16.3 Å². The van der Waals surface area contributed by atoms with Gasteiger partial charge in [-0.15, -0.1) is 0 Å². The summed E-state index contributed by atoms with van der Waals surface area (Å²) in [5.74, 6) is 0.320. The van der Waals surface area contributed by atoms with Gasteiger partial charge in [0.05, 0.1) is 16.2 Å². The number of hydrogen-bond donors (Lipinski definition) is 1. The first-order chi connectivity index (χ1) is 17.0. The SMILES string of the molecule is CN1CCN(c2cc3ncnc(Nc4ccc(OCc5cccc(F)c5)c(Cl)c4)c3cc2F)CC1. The lowest BCUT2D eigenvalue weighted by Crippen LogP contribution is -2.44. The van der Waals surface area contributed by atoms with Crippen molar-refractivity contribution in [3.05, 3.63) is 83.1 Å². The summed E-state index contributed by atoms with van der Waals surface area (Å²) in [5.41, 5.74) is 2.57. The van der Waals surface area contributed by atoms with Crippen LogP contribution in [0.5, 0.6) is 5.75 Å². The van der Waals surface area contributed by atoms with Crippen LogP contribution in [-0.4, -0.2) is 48.1 Å². The van der Waals surface area contributed by atoms with E-state index >= 15 is 4.39 Å². The Labute approximate surface area is 207 Å². The van der Waals surface area contributed by atoms with Crippen LogP contribution in [0.25, 0.3) is 10.9 Å². The third kappa shape index (κ3) is 5.28. The summed E-state index contributed by atoms with van der Waals surface area (Å²) in [6.07, 6.45) is 1.45. The number of aromatic nitrogens is 2. The minimum absolute atomic E-state index is 0.190. The van der Waals surface area contributed by atoms with Gasteiger partial charge in [0.15, 0.2) is 0 Å². The normalized spacial score (nSPS) is 14.3. The van der Waals surface area contributed by atoms with Gasteiger partial charge in [0, 0.05) is 37.3 Å². The highest BCUT2D eigenvalue weighted by Gasteiger charge is 2.19. The van der Waals surface area contributed by atoms with Crippen LogP contribution in [0.3, 0.4) is 0 Å². The zero-order valence-electron chi connectivity index (χ0n) is 19.1.